The molecular weight excluding hydrogens is 262 g/mol. The second kappa shape index (κ2) is 4.72. The highest BCUT2D eigenvalue weighted by Gasteiger charge is 2.56. The Hall–Kier alpha value is -1.06. The zero-order valence-corrected chi connectivity index (χ0v) is 13.0. The number of hydrogen-bond donors (Lipinski definition) is 1. The number of likely N-dealkylation sites (tertiary alicyclic amines) is 1. The Morgan fingerprint density at radius 3 is 2.95 bits per heavy atom. The average molecular weight is 287 g/mol. The maximum Gasteiger partial charge on any atom is 0.119 e. The Kier molecular flexibility index (Phi) is 3.05. The van der Waals surface area contributed by atoms with Crippen molar-refractivity contribution in [1.29, 1.82) is 0 Å². The number of ether oxygens (including phenoxy) is 1. The van der Waals surface area contributed by atoms with Crippen molar-refractivity contribution in [3.63, 3.8) is 0 Å². The lowest BCUT2D eigenvalue weighted by Gasteiger charge is -2.59. The van der Waals surface area contributed by atoms with Gasteiger partial charge in [0.25, 0.3) is 0 Å². The van der Waals surface area contributed by atoms with Crippen LogP contribution in [-0.4, -0.2) is 36.8 Å². The van der Waals surface area contributed by atoms with Crippen LogP contribution in [0, 0.1) is 5.92 Å². The van der Waals surface area contributed by atoms with Crippen molar-refractivity contribution in [2.75, 3.05) is 20.7 Å². The fourth-order valence-electron chi connectivity index (χ4n) is 5.37. The van der Waals surface area contributed by atoms with Gasteiger partial charge in [-0.05, 0) is 62.0 Å². The summed E-state index contributed by atoms with van der Waals surface area (Å²) in [4.78, 5) is 2.39. The van der Waals surface area contributed by atoms with E-state index in [1.165, 1.54) is 37.7 Å². The fourth-order valence-corrected chi connectivity index (χ4v) is 5.37. The SMILES string of the molecule is COc1ccc2c(c1)[C@]13CCCC[C@@H]1[C@H]([C@@H]2O)N(C)CC3. The third-order valence-electron chi connectivity index (χ3n) is 6.37. The molecule has 1 heterocycles. The van der Waals surface area contributed by atoms with Crippen molar-refractivity contribution in [2.45, 2.75) is 49.7 Å². The normalized spacial score (nSPS) is 38.5. The molecule has 4 rings (SSSR count). The molecule has 0 spiro atoms. The number of fused-ring (bicyclic) bond motifs is 1. The summed E-state index contributed by atoms with van der Waals surface area (Å²) in [5.41, 5.74) is 2.80. The molecule has 1 aromatic rings. The number of likely N-dealkylation sites (N-methyl/N-ethyl adjacent to an activating group) is 1. The Bertz CT molecular complexity index is 558. The summed E-state index contributed by atoms with van der Waals surface area (Å²) in [6, 6.07) is 6.59. The predicted molar refractivity (Wildman–Crippen MR) is 82.6 cm³/mol. The highest BCUT2D eigenvalue weighted by Crippen LogP contribution is 2.58. The van der Waals surface area contributed by atoms with Crippen LogP contribution in [-0.2, 0) is 5.41 Å². The quantitative estimate of drug-likeness (QED) is 0.862. The number of piperidine rings is 1. The molecule has 1 N–H and O–H groups in total. The molecule has 2 fully saturated rings. The molecule has 3 nitrogen and oxygen atoms in total. The van der Waals surface area contributed by atoms with Crippen molar-refractivity contribution < 1.29 is 9.84 Å². The van der Waals surface area contributed by atoms with Crippen LogP contribution in [0.2, 0.25) is 0 Å². The minimum absolute atomic E-state index is 0.276. The number of aliphatic hydroxyl groups excluding tert-OH is 1. The molecule has 1 aromatic carbocycles. The van der Waals surface area contributed by atoms with Crippen LogP contribution in [0.5, 0.6) is 5.75 Å². The van der Waals surface area contributed by atoms with Gasteiger partial charge in [0, 0.05) is 11.5 Å². The number of methoxy groups -OCH3 is 1. The lowest BCUT2D eigenvalue weighted by atomic mass is 9.52. The van der Waals surface area contributed by atoms with Gasteiger partial charge in [0.1, 0.15) is 5.75 Å². The largest absolute Gasteiger partial charge is 0.497 e. The number of benzene rings is 1. The summed E-state index contributed by atoms with van der Waals surface area (Å²) in [5.74, 6) is 1.52. The third-order valence-corrected chi connectivity index (χ3v) is 6.37. The number of hydrogen-bond acceptors (Lipinski definition) is 3. The fraction of sp³-hybridized carbons (Fsp3) is 0.667. The molecule has 114 valence electrons. The minimum Gasteiger partial charge on any atom is -0.497 e. The van der Waals surface area contributed by atoms with Gasteiger partial charge in [-0.2, -0.15) is 0 Å². The number of rotatable bonds is 1. The third kappa shape index (κ3) is 1.74. The van der Waals surface area contributed by atoms with Crippen molar-refractivity contribution in [1.82, 2.24) is 4.90 Å². The summed E-state index contributed by atoms with van der Waals surface area (Å²) in [5, 5.41) is 11.0. The van der Waals surface area contributed by atoms with Crippen LogP contribution in [0.15, 0.2) is 18.2 Å². The second-order valence-corrected chi connectivity index (χ2v) is 7.13. The van der Waals surface area contributed by atoms with Gasteiger partial charge in [0.05, 0.1) is 13.2 Å². The van der Waals surface area contributed by atoms with Crippen molar-refractivity contribution in [2.24, 2.45) is 5.92 Å². The van der Waals surface area contributed by atoms with Crippen LogP contribution in [0.4, 0.5) is 0 Å². The maximum absolute atomic E-state index is 11.0. The van der Waals surface area contributed by atoms with Gasteiger partial charge in [-0.3, -0.25) is 0 Å². The van der Waals surface area contributed by atoms with E-state index >= 15 is 0 Å². The standard InChI is InChI=1S/C18H25NO2/c1-19-10-9-18-8-4-3-5-14(18)16(19)17(20)13-7-6-12(21-2)11-15(13)18/h6-7,11,14,16-17,20H,3-5,8-10H2,1-2H3/t14-,16-,17-,18+/m1/s1. The van der Waals surface area contributed by atoms with Crippen molar-refractivity contribution in [3.8, 4) is 5.75 Å². The molecule has 2 aliphatic carbocycles. The first-order chi connectivity index (χ1) is 10.2. The Balaban J connectivity index is 1.92. The van der Waals surface area contributed by atoms with Gasteiger partial charge in [-0.25, -0.2) is 0 Å². The van der Waals surface area contributed by atoms with Crippen LogP contribution in [0.25, 0.3) is 0 Å². The second-order valence-electron chi connectivity index (χ2n) is 7.13. The van der Waals surface area contributed by atoms with Gasteiger partial charge in [-0.1, -0.05) is 18.9 Å². The van der Waals surface area contributed by atoms with E-state index in [1.807, 2.05) is 6.07 Å². The molecule has 0 amide bonds. The first-order valence-corrected chi connectivity index (χ1v) is 8.24. The van der Waals surface area contributed by atoms with E-state index in [0.29, 0.717) is 12.0 Å². The molecule has 3 aliphatic rings. The Morgan fingerprint density at radius 2 is 2.14 bits per heavy atom. The van der Waals surface area contributed by atoms with Gasteiger partial charge in [0.15, 0.2) is 0 Å². The minimum atomic E-state index is -0.354. The van der Waals surface area contributed by atoms with Gasteiger partial charge >= 0.3 is 0 Å². The van der Waals surface area contributed by atoms with E-state index in [9.17, 15) is 5.11 Å². The summed E-state index contributed by atoms with van der Waals surface area (Å²) < 4.78 is 5.46. The number of nitrogens with zero attached hydrogens (tertiary/aromatic N) is 1. The van der Waals surface area contributed by atoms with E-state index < -0.39 is 0 Å². The molecule has 3 heteroatoms. The highest BCUT2D eigenvalue weighted by molar-refractivity contribution is 5.47. The summed E-state index contributed by atoms with van der Waals surface area (Å²) in [6.45, 7) is 1.09. The zero-order chi connectivity index (χ0) is 14.6. The summed E-state index contributed by atoms with van der Waals surface area (Å²) in [7, 11) is 3.91. The monoisotopic (exact) mass is 287 g/mol. The maximum atomic E-state index is 11.0. The molecule has 1 aliphatic heterocycles. The summed E-state index contributed by atoms with van der Waals surface area (Å²) in [6.07, 6.45) is 6.02. The molecular formula is C18H25NO2. The van der Waals surface area contributed by atoms with Gasteiger partial charge in [-0.15, -0.1) is 0 Å². The first-order valence-electron chi connectivity index (χ1n) is 8.24. The van der Waals surface area contributed by atoms with E-state index in [4.69, 9.17) is 4.74 Å². The topological polar surface area (TPSA) is 32.7 Å². The molecule has 1 saturated carbocycles. The molecule has 21 heavy (non-hydrogen) atoms. The van der Waals surface area contributed by atoms with E-state index in [-0.39, 0.29) is 11.5 Å². The van der Waals surface area contributed by atoms with Gasteiger partial charge in [0.2, 0.25) is 0 Å². The van der Waals surface area contributed by atoms with E-state index in [2.05, 4.69) is 24.1 Å². The van der Waals surface area contributed by atoms with Gasteiger partial charge < -0.3 is 14.7 Å². The first kappa shape index (κ1) is 13.6. The van der Waals surface area contributed by atoms with Crippen molar-refractivity contribution in [3.05, 3.63) is 29.3 Å². The van der Waals surface area contributed by atoms with E-state index in [1.54, 1.807) is 7.11 Å². The molecule has 0 unspecified atom stereocenters. The lowest BCUT2D eigenvalue weighted by molar-refractivity contribution is -0.0680. The molecule has 0 aromatic heterocycles. The van der Waals surface area contributed by atoms with E-state index in [0.717, 1.165) is 17.9 Å². The lowest BCUT2D eigenvalue weighted by Crippen LogP contribution is -2.61. The van der Waals surface area contributed by atoms with Crippen molar-refractivity contribution >= 4 is 0 Å². The smallest absolute Gasteiger partial charge is 0.119 e. The van der Waals surface area contributed by atoms with Crippen LogP contribution < -0.4 is 4.74 Å². The number of aliphatic hydroxyl groups is 1. The molecule has 0 radical (unpaired) electrons. The van der Waals surface area contributed by atoms with Crippen LogP contribution in [0.1, 0.15) is 49.3 Å². The highest BCUT2D eigenvalue weighted by atomic mass is 16.5. The molecule has 2 bridgehead atoms. The molecule has 1 saturated heterocycles. The zero-order valence-electron chi connectivity index (χ0n) is 13.0. The predicted octanol–water partition coefficient (Wildman–Crippen LogP) is 2.87. The molecule has 4 atom stereocenters. The Morgan fingerprint density at radius 1 is 1.29 bits per heavy atom. The summed E-state index contributed by atoms with van der Waals surface area (Å²) >= 11 is 0. The average Bonchev–Trinajstić information content (AvgIpc) is 2.53. The van der Waals surface area contributed by atoms with Crippen LogP contribution >= 0.6 is 0 Å². The Labute approximate surface area is 126 Å². The van der Waals surface area contributed by atoms with Crippen LogP contribution in [0.3, 0.4) is 0 Å².